The molecule has 3 aromatic carbocycles. The number of rotatable bonds is 5. The number of nitriles is 1. The Kier molecular flexibility index (Phi) is 5.94. The van der Waals surface area contributed by atoms with Gasteiger partial charge in [0.05, 0.1) is 22.5 Å². The Morgan fingerprint density at radius 1 is 1.03 bits per heavy atom. The molecule has 1 heterocycles. The molecule has 6 heteroatoms. The Hall–Kier alpha value is -3.00. The van der Waals surface area contributed by atoms with Crippen LogP contribution in [0.1, 0.15) is 22.3 Å². The summed E-state index contributed by atoms with van der Waals surface area (Å²) in [4.78, 5) is 14.6. The molecule has 3 aromatic rings. The van der Waals surface area contributed by atoms with Crippen LogP contribution in [0.3, 0.4) is 0 Å². The lowest BCUT2D eigenvalue weighted by Crippen LogP contribution is -2.24. The van der Waals surface area contributed by atoms with E-state index in [4.69, 9.17) is 28.5 Å². The lowest BCUT2D eigenvalue weighted by molar-refractivity contribution is 0.0954. The van der Waals surface area contributed by atoms with E-state index in [2.05, 4.69) is 28.4 Å². The van der Waals surface area contributed by atoms with Crippen molar-refractivity contribution in [3.05, 3.63) is 81.8 Å². The smallest absolute Gasteiger partial charge is 0.251 e. The molecule has 0 saturated heterocycles. The number of hydrogen-bond donors (Lipinski definition) is 1. The van der Waals surface area contributed by atoms with Crippen LogP contribution in [-0.4, -0.2) is 19.0 Å². The molecular weight excluding hydrogens is 417 g/mol. The van der Waals surface area contributed by atoms with Crippen LogP contribution in [0.4, 0.5) is 11.4 Å². The quantitative estimate of drug-likeness (QED) is 0.500. The fraction of sp³-hybridized carbons (Fsp3) is 0.167. The zero-order valence-corrected chi connectivity index (χ0v) is 17.7. The summed E-state index contributed by atoms with van der Waals surface area (Å²) in [5.41, 5.74) is 5.99. The fourth-order valence-corrected chi connectivity index (χ4v) is 3.95. The van der Waals surface area contributed by atoms with Crippen LogP contribution in [0.2, 0.25) is 10.0 Å². The summed E-state index contributed by atoms with van der Waals surface area (Å²) in [5.74, 6) is -0.175. The average Bonchev–Trinajstić information content (AvgIpc) is 3.19. The summed E-state index contributed by atoms with van der Waals surface area (Å²) in [6.07, 6.45) is 1.25. The molecule has 0 fully saturated rings. The van der Waals surface area contributed by atoms with Crippen LogP contribution < -0.4 is 10.2 Å². The number of carbonyl (C=O) groups is 1. The van der Waals surface area contributed by atoms with Gasteiger partial charge in [0.25, 0.3) is 5.91 Å². The number of nitrogens with zero attached hydrogens (tertiary/aromatic N) is 2. The maximum Gasteiger partial charge on any atom is 0.251 e. The van der Waals surface area contributed by atoms with Gasteiger partial charge in [-0.05, 0) is 59.5 Å². The second-order valence-electron chi connectivity index (χ2n) is 7.09. The highest BCUT2D eigenvalue weighted by Crippen LogP contribution is 2.39. The largest absolute Gasteiger partial charge is 0.351 e. The highest BCUT2D eigenvalue weighted by molar-refractivity contribution is 6.42. The van der Waals surface area contributed by atoms with Crippen LogP contribution in [0, 0.1) is 11.3 Å². The normalized spacial score (nSPS) is 12.4. The third kappa shape index (κ3) is 4.14. The van der Waals surface area contributed by atoms with E-state index < -0.39 is 0 Å². The maximum atomic E-state index is 12.3. The van der Waals surface area contributed by atoms with Crippen molar-refractivity contribution in [3.63, 3.8) is 0 Å². The van der Waals surface area contributed by atoms with Crippen molar-refractivity contribution in [2.45, 2.75) is 12.8 Å². The molecule has 0 radical (unpaired) electrons. The Morgan fingerprint density at radius 3 is 2.67 bits per heavy atom. The zero-order valence-electron chi connectivity index (χ0n) is 16.2. The lowest BCUT2D eigenvalue weighted by Gasteiger charge is -2.21. The minimum absolute atomic E-state index is 0.175. The number of carbonyl (C=O) groups excluding carboxylic acids is 1. The van der Waals surface area contributed by atoms with Gasteiger partial charge in [-0.2, -0.15) is 5.26 Å². The van der Waals surface area contributed by atoms with Gasteiger partial charge in [-0.25, -0.2) is 0 Å². The van der Waals surface area contributed by atoms with Crippen LogP contribution >= 0.6 is 23.2 Å². The molecule has 150 valence electrons. The van der Waals surface area contributed by atoms with Gasteiger partial charge in [0.1, 0.15) is 0 Å². The van der Waals surface area contributed by atoms with E-state index in [9.17, 15) is 4.79 Å². The standard InChI is InChI=1S/C24H19Cl2N3O/c25-21-8-7-20(15-22(21)26)29-12-9-16-5-6-18(14-23(16)29)17-3-1-4-19(13-17)24(30)28-11-2-10-27/h1,3-8,13-15H,2,9,11-12H2,(H,28,30). The van der Waals surface area contributed by atoms with E-state index >= 15 is 0 Å². The molecule has 1 aliphatic heterocycles. The first-order valence-electron chi connectivity index (χ1n) is 9.68. The van der Waals surface area contributed by atoms with Crippen molar-refractivity contribution in [1.82, 2.24) is 5.32 Å². The molecule has 0 atom stereocenters. The Balaban J connectivity index is 1.63. The molecular formula is C24H19Cl2N3O. The van der Waals surface area contributed by atoms with E-state index in [0.717, 1.165) is 35.5 Å². The molecule has 4 rings (SSSR count). The van der Waals surface area contributed by atoms with Gasteiger partial charge in [-0.15, -0.1) is 0 Å². The van der Waals surface area contributed by atoms with Gasteiger partial charge >= 0.3 is 0 Å². The summed E-state index contributed by atoms with van der Waals surface area (Å²) in [6.45, 7) is 1.22. The van der Waals surface area contributed by atoms with Crippen molar-refractivity contribution in [1.29, 1.82) is 5.26 Å². The summed E-state index contributed by atoms with van der Waals surface area (Å²) >= 11 is 12.3. The molecule has 1 N–H and O–H groups in total. The lowest BCUT2D eigenvalue weighted by atomic mass is 10.00. The zero-order chi connectivity index (χ0) is 21.1. The van der Waals surface area contributed by atoms with Crippen molar-refractivity contribution in [2.75, 3.05) is 18.0 Å². The van der Waals surface area contributed by atoms with Gasteiger partial charge in [-0.1, -0.05) is 47.5 Å². The van der Waals surface area contributed by atoms with Crippen LogP contribution in [0.25, 0.3) is 11.1 Å². The van der Waals surface area contributed by atoms with Crippen LogP contribution in [0.15, 0.2) is 60.7 Å². The molecule has 0 unspecified atom stereocenters. The van der Waals surface area contributed by atoms with Crippen molar-refractivity contribution < 1.29 is 4.79 Å². The summed E-state index contributed by atoms with van der Waals surface area (Å²) in [6, 6.07) is 21.6. The molecule has 1 aliphatic rings. The Morgan fingerprint density at radius 2 is 1.87 bits per heavy atom. The van der Waals surface area contributed by atoms with Crippen molar-refractivity contribution >= 4 is 40.5 Å². The molecule has 1 amide bonds. The fourth-order valence-electron chi connectivity index (χ4n) is 3.65. The second kappa shape index (κ2) is 8.79. The highest BCUT2D eigenvalue weighted by Gasteiger charge is 2.21. The van der Waals surface area contributed by atoms with E-state index in [-0.39, 0.29) is 5.91 Å². The van der Waals surface area contributed by atoms with Crippen molar-refractivity contribution in [3.8, 4) is 17.2 Å². The number of amides is 1. The molecule has 30 heavy (non-hydrogen) atoms. The Labute approximate surface area is 185 Å². The topological polar surface area (TPSA) is 56.1 Å². The summed E-state index contributed by atoms with van der Waals surface area (Å²) < 4.78 is 0. The van der Waals surface area contributed by atoms with Crippen molar-refractivity contribution in [2.24, 2.45) is 0 Å². The Bertz CT molecular complexity index is 1150. The number of anilines is 2. The van der Waals surface area contributed by atoms with Gasteiger partial charge in [0.15, 0.2) is 0 Å². The molecule has 4 nitrogen and oxygen atoms in total. The number of halogens is 2. The van der Waals surface area contributed by atoms with E-state index in [1.807, 2.05) is 42.5 Å². The van der Waals surface area contributed by atoms with Gasteiger partial charge in [0, 0.05) is 30.0 Å². The third-order valence-electron chi connectivity index (χ3n) is 5.18. The molecule has 0 saturated carbocycles. The predicted octanol–water partition coefficient (Wildman–Crippen LogP) is 6.00. The summed E-state index contributed by atoms with van der Waals surface area (Å²) in [5, 5.41) is 12.5. The van der Waals surface area contributed by atoms with Crippen LogP contribution in [0.5, 0.6) is 0 Å². The predicted molar refractivity (Wildman–Crippen MR) is 122 cm³/mol. The van der Waals surface area contributed by atoms with E-state index in [1.165, 1.54) is 5.56 Å². The molecule has 0 aliphatic carbocycles. The number of hydrogen-bond acceptors (Lipinski definition) is 3. The highest BCUT2D eigenvalue weighted by atomic mass is 35.5. The first kappa shape index (κ1) is 20.3. The van der Waals surface area contributed by atoms with E-state index in [0.29, 0.717) is 28.6 Å². The minimum Gasteiger partial charge on any atom is -0.351 e. The monoisotopic (exact) mass is 435 g/mol. The third-order valence-corrected chi connectivity index (χ3v) is 5.92. The number of benzene rings is 3. The van der Waals surface area contributed by atoms with Gasteiger partial charge < -0.3 is 10.2 Å². The summed E-state index contributed by atoms with van der Waals surface area (Å²) in [7, 11) is 0. The number of fused-ring (bicyclic) bond motifs is 1. The molecule has 0 bridgehead atoms. The van der Waals surface area contributed by atoms with Gasteiger partial charge in [-0.3, -0.25) is 4.79 Å². The minimum atomic E-state index is -0.175. The molecule has 0 aromatic heterocycles. The first-order valence-corrected chi connectivity index (χ1v) is 10.4. The van der Waals surface area contributed by atoms with E-state index in [1.54, 1.807) is 6.07 Å². The average molecular weight is 436 g/mol. The first-order chi connectivity index (χ1) is 14.6. The SMILES string of the molecule is N#CCCNC(=O)c1cccc(-c2ccc3c(c2)N(c2ccc(Cl)c(Cl)c2)CC3)c1. The molecule has 0 spiro atoms. The van der Waals surface area contributed by atoms with Gasteiger partial charge in [0.2, 0.25) is 0 Å². The maximum absolute atomic E-state index is 12.3. The number of nitrogens with one attached hydrogen (secondary N) is 1. The van der Waals surface area contributed by atoms with Crippen LogP contribution in [-0.2, 0) is 6.42 Å². The second-order valence-corrected chi connectivity index (χ2v) is 7.90.